The van der Waals surface area contributed by atoms with Crippen LogP contribution in [0.2, 0.25) is 0 Å². The lowest BCUT2D eigenvalue weighted by molar-refractivity contribution is 0.0718. The van der Waals surface area contributed by atoms with Crippen molar-refractivity contribution in [1.82, 2.24) is 4.90 Å². The van der Waals surface area contributed by atoms with Crippen molar-refractivity contribution in [3.63, 3.8) is 0 Å². The number of nitrogens with zero attached hydrogens (tertiary/aromatic N) is 1. The summed E-state index contributed by atoms with van der Waals surface area (Å²) in [6.45, 7) is 4.59. The van der Waals surface area contributed by atoms with Crippen LogP contribution >= 0.6 is 0 Å². The number of carbonyl (C=O) groups is 1. The van der Waals surface area contributed by atoms with Gasteiger partial charge in [-0.3, -0.25) is 4.79 Å². The van der Waals surface area contributed by atoms with Gasteiger partial charge in [0.15, 0.2) is 0 Å². The van der Waals surface area contributed by atoms with Crippen LogP contribution in [-0.4, -0.2) is 30.4 Å². The van der Waals surface area contributed by atoms with E-state index in [0.29, 0.717) is 12.5 Å². The Balaban J connectivity index is 2.22. The van der Waals surface area contributed by atoms with Gasteiger partial charge in [0.05, 0.1) is 0 Å². The fraction of sp³-hybridized carbons (Fsp3) is 0.533. The number of rotatable bonds is 4. The lowest BCUT2D eigenvalue weighted by Crippen LogP contribution is -2.43. The molecular weight excluding hydrogens is 224 g/mol. The molecule has 2 rings (SSSR count). The van der Waals surface area contributed by atoms with E-state index in [4.69, 9.17) is 5.73 Å². The predicted octanol–water partition coefficient (Wildman–Crippen LogP) is 2.11. The molecular formula is C15H22N2O. The lowest BCUT2D eigenvalue weighted by Gasteiger charge is -2.28. The Kier molecular flexibility index (Phi) is 3.71. The number of nitrogens with two attached hydrogens (primary N) is 1. The second-order valence-electron chi connectivity index (χ2n) is 5.30. The number of benzene rings is 1. The van der Waals surface area contributed by atoms with Crippen molar-refractivity contribution in [2.24, 2.45) is 11.7 Å². The quantitative estimate of drug-likeness (QED) is 0.884. The highest BCUT2D eigenvalue weighted by molar-refractivity contribution is 5.96. The van der Waals surface area contributed by atoms with E-state index in [1.807, 2.05) is 44.0 Å². The molecule has 98 valence electrons. The highest BCUT2D eigenvalue weighted by Crippen LogP contribution is 2.35. The van der Waals surface area contributed by atoms with E-state index >= 15 is 0 Å². The summed E-state index contributed by atoms with van der Waals surface area (Å²) in [5.41, 5.74) is 8.83. The summed E-state index contributed by atoms with van der Waals surface area (Å²) in [4.78, 5) is 14.4. The van der Waals surface area contributed by atoms with Crippen molar-refractivity contribution < 1.29 is 4.79 Å². The first-order valence-corrected chi connectivity index (χ1v) is 6.59. The van der Waals surface area contributed by atoms with Crippen molar-refractivity contribution in [1.29, 1.82) is 0 Å². The highest BCUT2D eigenvalue weighted by Gasteiger charge is 2.35. The van der Waals surface area contributed by atoms with Crippen LogP contribution in [0.3, 0.4) is 0 Å². The minimum Gasteiger partial charge on any atom is -0.337 e. The van der Waals surface area contributed by atoms with Crippen LogP contribution in [0.1, 0.15) is 34.3 Å². The Labute approximate surface area is 109 Å². The van der Waals surface area contributed by atoms with E-state index in [2.05, 4.69) is 0 Å². The molecule has 0 aliphatic heterocycles. The van der Waals surface area contributed by atoms with E-state index in [0.717, 1.165) is 16.7 Å². The molecule has 1 atom stereocenters. The number of hydrogen-bond donors (Lipinski definition) is 1. The van der Waals surface area contributed by atoms with Crippen molar-refractivity contribution in [3.8, 4) is 0 Å². The molecule has 1 aliphatic carbocycles. The van der Waals surface area contributed by atoms with E-state index in [9.17, 15) is 4.79 Å². The van der Waals surface area contributed by atoms with Crippen LogP contribution in [0.5, 0.6) is 0 Å². The van der Waals surface area contributed by atoms with Crippen molar-refractivity contribution in [2.75, 3.05) is 13.6 Å². The summed E-state index contributed by atoms with van der Waals surface area (Å²) in [7, 11) is 1.87. The second-order valence-corrected chi connectivity index (χ2v) is 5.30. The number of amides is 1. The molecule has 1 fully saturated rings. The molecule has 1 amide bonds. The van der Waals surface area contributed by atoms with Gasteiger partial charge in [-0.1, -0.05) is 12.1 Å². The third-order valence-electron chi connectivity index (χ3n) is 4.06. The molecule has 1 aromatic rings. The molecule has 3 nitrogen and oxygen atoms in total. The van der Waals surface area contributed by atoms with Gasteiger partial charge in [0.25, 0.3) is 5.91 Å². The van der Waals surface area contributed by atoms with Gasteiger partial charge >= 0.3 is 0 Å². The predicted molar refractivity (Wildman–Crippen MR) is 73.6 cm³/mol. The van der Waals surface area contributed by atoms with Crippen LogP contribution < -0.4 is 5.73 Å². The van der Waals surface area contributed by atoms with Crippen LogP contribution in [0.15, 0.2) is 18.2 Å². The maximum atomic E-state index is 12.5. The van der Waals surface area contributed by atoms with Gasteiger partial charge in [0.1, 0.15) is 0 Å². The standard InChI is InChI=1S/C15H22N2O/c1-10-5-4-6-13(11(10)2)15(18)17(3)14(9-16)12-7-8-12/h4-6,12,14H,7-9,16H2,1-3H3. The Morgan fingerprint density at radius 2 is 2.11 bits per heavy atom. The smallest absolute Gasteiger partial charge is 0.254 e. The fourth-order valence-electron chi connectivity index (χ4n) is 2.47. The largest absolute Gasteiger partial charge is 0.337 e. The molecule has 1 aromatic carbocycles. The second kappa shape index (κ2) is 5.11. The zero-order chi connectivity index (χ0) is 13.3. The molecule has 0 bridgehead atoms. The molecule has 18 heavy (non-hydrogen) atoms. The Hall–Kier alpha value is -1.35. The van der Waals surface area contributed by atoms with E-state index < -0.39 is 0 Å². The first kappa shape index (κ1) is 13.1. The normalized spacial score (nSPS) is 16.4. The Morgan fingerprint density at radius 3 is 2.67 bits per heavy atom. The number of likely N-dealkylation sites (N-methyl/N-ethyl adjacent to an activating group) is 1. The summed E-state index contributed by atoms with van der Waals surface area (Å²) in [5, 5.41) is 0. The number of hydrogen-bond acceptors (Lipinski definition) is 2. The van der Waals surface area contributed by atoms with Gasteiger partial charge in [-0.05, 0) is 49.8 Å². The molecule has 0 radical (unpaired) electrons. The van der Waals surface area contributed by atoms with Gasteiger partial charge in [-0.25, -0.2) is 0 Å². The van der Waals surface area contributed by atoms with Crippen molar-refractivity contribution >= 4 is 5.91 Å². The van der Waals surface area contributed by atoms with Gasteiger partial charge in [0, 0.05) is 25.2 Å². The summed E-state index contributed by atoms with van der Waals surface area (Å²) >= 11 is 0. The molecule has 0 saturated heterocycles. The van der Waals surface area contributed by atoms with Crippen molar-refractivity contribution in [2.45, 2.75) is 32.7 Å². The average molecular weight is 246 g/mol. The van der Waals surface area contributed by atoms with Gasteiger partial charge in [0.2, 0.25) is 0 Å². The molecule has 0 spiro atoms. The first-order valence-electron chi connectivity index (χ1n) is 6.59. The maximum absolute atomic E-state index is 12.5. The topological polar surface area (TPSA) is 46.3 Å². The fourth-order valence-corrected chi connectivity index (χ4v) is 2.47. The third-order valence-corrected chi connectivity index (χ3v) is 4.06. The van der Waals surface area contributed by atoms with Gasteiger partial charge in [-0.2, -0.15) is 0 Å². The molecule has 0 aromatic heterocycles. The molecule has 1 saturated carbocycles. The minimum absolute atomic E-state index is 0.0959. The average Bonchev–Trinajstić information content (AvgIpc) is 3.17. The zero-order valence-electron chi connectivity index (χ0n) is 11.4. The van der Waals surface area contributed by atoms with Crippen molar-refractivity contribution in [3.05, 3.63) is 34.9 Å². The first-order chi connectivity index (χ1) is 8.56. The van der Waals surface area contributed by atoms with Gasteiger partial charge < -0.3 is 10.6 Å². The van der Waals surface area contributed by atoms with Crippen LogP contribution in [0, 0.1) is 19.8 Å². The summed E-state index contributed by atoms with van der Waals surface area (Å²) in [6, 6.07) is 6.07. The molecule has 3 heteroatoms. The van der Waals surface area contributed by atoms with E-state index in [1.54, 1.807) is 0 Å². The molecule has 2 N–H and O–H groups in total. The molecule has 1 aliphatic rings. The maximum Gasteiger partial charge on any atom is 0.254 e. The molecule has 0 heterocycles. The minimum atomic E-state index is 0.0959. The third kappa shape index (κ3) is 2.41. The van der Waals surface area contributed by atoms with Gasteiger partial charge in [-0.15, -0.1) is 0 Å². The lowest BCUT2D eigenvalue weighted by atomic mass is 10.0. The Morgan fingerprint density at radius 1 is 1.44 bits per heavy atom. The summed E-state index contributed by atoms with van der Waals surface area (Å²) in [6.07, 6.45) is 2.40. The van der Waals surface area contributed by atoms with Crippen LogP contribution in [0.4, 0.5) is 0 Å². The number of aryl methyl sites for hydroxylation is 1. The van der Waals surface area contributed by atoms with E-state index in [1.165, 1.54) is 12.8 Å². The number of carbonyl (C=O) groups excluding carboxylic acids is 1. The zero-order valence-corrected chi connectivity index (χ0v) is 11.4. The van der Waals surface area contributed by atoms with Crippen LogP contribution in [-0.2, 0) is 0 Å². The highest BCUT2D eigenvalue weighted by atomic mass is 16.2. The Bertz CT molecular complexity index is 452. The SMILES string of the molecule is Cc1cccc(C(=O)N(C)C(CN)C2CC2)c1C. The summed E-state index contributed by atoms with van der Waals surface area (Å²) in [5.74, 6) is 0.701. The van der Waals surface area contributed by atoms with Crippen LogP contribution in [0.25, 0.3) is 0 Å². The molecule has 1 unspecified atom stereocenters. The van der Waals surface area contributed by atoms with E-state index in [-0.39, 0.29) is 11.9 Å². The monoisotopic (exact) mass is 246 g/mol. The summed E-state index contributed by atoms with van der Waals surface area (Å²) < 4.78 is 0.